The van der Waals surface area contributed by atoms with Gasteiger partial charge < -0.3 is 5.11 Å². The molecule has 3 nitrogen and oxygen atoms in total. The van der Waals surface area contributed by atoms with Crippen LogP contribution in [-0.4, -0.2) is 16.1 Å². The van der Waals surface area contributed by atoms with Crippen molar-refractivity contribution in [2.75, 3.05) is 0 Å². The third-order valence-corrected chi connectivity index (χ3v) is 6.57. The Morgan fingerprint density at radius 3 is 2.56 bits per heavy atom. The van der Waals surface area contributed by atoms with Gasteiger partial charge in [0.05, 0.1) is 11.3 Å². The minimum atomic E-state index is -0.868. The van der Waals surface area contributed by atoms with Crippen LogP contribution in [0.3, 0.4) is 0 Å². The summed E-state index contributed by atoms with van der Waals surface area (Å²) in [6.07, 6.45) is 9.49. The maximum absolute atomic E-state index is 12.5. The standard InChI is InChI=1S/C23H26ClNO2/c1-23(12-5-6-13-23)21-20(22(26)27)19(15-8-7-9-16(24)14-15)17-10-3-2-4-11-18(17)25-21/h7-9,14H,2-6,10-13H2,1H3,(H,26,27). The van der Waals surface area contributed by atoms with Crippen molar-refractivity contribution >= 4 is 17.6 Å². The summed E-state index contributed by atoms with van der Waals surface area (Å²) in [5, 5.41) is 10.9. The molecule has 0 atom stereocenters. The molecule has 0 amide bonds. The van der Waals surface area contributed by atoms with Crippen molar-refractivity contribution in [3.63, 3.8) is 0 Å². The van der Waals surface area contributed by atoms with Gasteiger partial charge in [-0.3, -0.25) is 4.98 Å². The lowest BCUT2D eigenvalue weighted by Gasteiger charge is -2.28. The van der Waals surface area contributed by atoms with Gasteiger partial charge in [0, 0.05) is 21.7 Å². The quantitative estimate of drug-likeness (QED) is 0.642. The van der Waals surface area contributed by atoms with E-state index in [1.54, 1.807) is 0 Å². The Morgan fingerprint density at radius 2 is 1.85 bits per heavy atom. The lowest BCUT2D eigenvalue weighted by Crippen LogP contribution is -2.25. The maximum atomic E-state index is 12.5. The third kappa shape index (κ3) is 3.38. The first kappa shape index (κ1) is 18.5. The highest BCUT2D eigenvalue weighted by Crippen LogP contribution is 2.45. The van der Waals surface area contributed by atoms with Crippen LogP contribution in [0.4, 0.5) is 0 Å². The van der Waals surface area contributed by atoms with Crippen LogP contribution in [0.5, 0.6) is 0 Å². The average Bonchev–Trinajstić information content (AvgIpc) is 2.95. The number of carboxylic acid groups (broad SMARTS) is 1. The van der Waals surface area contributed by atoms with E-state index < -0.39 is 5.97 Å². The molecule has 0 radical (unpaired) electrons. The number of hydrogen-bond donors (Lipinski definition) is 1. The molecule has 27 heavy (non-hydrogen) atoms. The summed E-state index contributed by atoms with van der Waals surface area (Å²) in [5.41, 5.74) is 5.05. The maximum Gasteiger partial charge on any atom is 0.338 e. The number of aryl methyl sites for hydroxylation is 1. The van der Waals surface area contributed by atoms with Gasteiger partial charge in [0.25, 0.3) is 0 Å². The van der Waals surface area contributed by atoms with Crippen LogP contribution in [0.1, 0.15) is 79.2 Å². The second kappa shape index (κ2) is 7.27. The van der Waals surface area contributed by atoms with Crippen molar-refractivity contribution in [3.05, 3.63) is 51.8 Å². The highest BCUT2D eigenvalue weighted by Gasteiger charge is 2.38. The number of aromatic nitrogens is 1. The van der Waals surface area contributed by atoms with E-state index in [2.05, 4.69) is 6.92 Å². The number of carboxylic acids is 1. The van der Waals surface area contributed by atoms with E-state index >= 15 is 0 Å². The number of hydrogen-bond acceptors (Lipinski definition) is 2. The van der Waals surface area contributed by atoms with Gasteiger partial charge in [0.1, 0.15) is 0 Å². The monoisotopic (exact) mass is 383 g/mol. The number of pyridine rings is 1. The zero-order valence-corrected chi connectivity index (χ0v) is 16.6. The Labute approximate surface area is 165 Å². The molecule has 4 heteroatoms. The summed E-state index contributed by atoms with van der Waals surface area (Å²) in [5.74, 6) is -0.868. The number of benzene rings is 1. The molecule has 2 aromatic rings. The zero-order valence-electron chi connectivity index (χ0n) is 15.9. The summed E-state index contributed by atoms with van der Waals surface area (Å²) in [6, 6.07) is 7.63. The van der Waals surface area contributed by atoms with Crippen LogP contribution in [0.25, 0.3) is 11.1 Å². The summed E-state index contributed by atoms with van der Waals surface area (Å²) in [6.45, 7) is 2.19. The van der Waals surface area contributed by atoms with Gasteiger partial charge in [-0.2, -0.15) is 0 Å². The van der Waals surface area contributed by atoms with Crippen molar-refractivity contribution in [3.8, 4) is 11.1 Å². The van der Waals surface area contributed by atoms with E-state index in [-0.39, 0.29) is 5.41 Å². The van der Waals surface area contributed by atoms with Crippen LogP contribution in [0.2, 0.25) is 5.02 Å². The van der Waals surface area contributed by atoms with E-state index in [0.29, 0.717) is 10.6 Å². The van der Waals surface area contributed by atoms with Crippen LogP contribution in [0, 0.1) is 0 Å². The molecule has 142 valence electrons. The second-order valence-electron chi connectivity index (χ2n) is 8.28. The van der Waals surface area contributed by atoms with Gasteiger partial charge in [0.15, 0.2) is 0 Å². The van der Waals surface area contributed by atoms with Gasteiger partial charge >= 0.3 is 5.97 Å². The van der Waals surface area contributed by atoms with Crippen molar-refractivity contribution in [2.45, 2.75) is 70.1 Å². The van der Waals surface area contributed by atoms with Gasteiger partial charge in [0.2, 0.25) is 0 Å². The number of carbonyl (C=O) groups is 1. The molecule has 0 saturated heterocycles. The average molecular weight is 384 g/mol. The normalized spacial score (nSPS) is 18.7. The molecular weight excluding hydrogens is 358 g/mol. The largest absolute Gasteiger partial charge is 0.478 e. The van der Waals surface area contributed by atoms with E-state index in [4.69, 9.17) is 16.6 Å². The number of nitrogens with zero attached hydrogens (tertiary/aromatic N) is 1. The molecule has 1 aromatic heterocycles. The lowest BCUT2D eigenvalue weighted by atomic mass is 9.78. The topological polar surface area (TPSA) is 50.2 Å². The fraction of sp³-hybridized carbons (Fsp3) is 0.478. The molecule has 1 aromatic carbocycles. The van der Waals surface area contributed by atoms with Crippen LogP contribution in [-0.2, 0) is 18.3 Å². The van der Waals surface area contributed by atoms with Crippen LogP contribution in [0.15, 0.2) is 24.3 Å². The van der Waals surface area contributed by atoms with E-state index in [1.807, 2.05) is 24.3 Å². The van der Waals surface area contributed by atoms with Crippen molar-refractivity contribution in [1.82, 2.24) is 4.98 Å². The van der Waals surface area contributed by atoms with Crippen LogP contribution < -0.4 is 0 Å². The summed E-state index contributed by atoms with van der Waals surface area (Å²) in [7, 11) is 0. The minimum Gasteiger partial charge on any atom is -0.478 e. The van der Waals surface area contributed by atoms with E-state index in [1.165, 1.54) is 6.42 Å². The fourth-order valence-electron chi connectivity index (χ4n) is 4.92. The van der Waals surface area contributed by atoms with Crippen molar-refractivity contribution in [1.29, 1.82) is 0 Å². The third-order valence-electron chi connectivity index (χ3n) is 6.33. The van der Waals surface area contributed by atoms with Crippen LogP contribution >= 0.6 is 11.6 Å². The Balaban J connectivity index is 2.06. The summed E-state index contributed by atoms with van der Waals surface area (Å²) < 4.78 is 0. The molecule has 0 spiro atoms. The summed E-state index contributed by atoms with van der Waals surface area (Å²) in [4.78, 5) is 17.5. The minimum absolute atomic E-state index is 0.150. The summed E-state index contributed by atoms with van der Waals surface area (Å²) >= 11 is 6.27. The first-order chi connectivity index (χ1) is 13.0. The van der Waals surface area contributed by atoms with Gasteiger partial charge in [-0.25, -0.2) is 4.79 Å². The van der Waals surface area contributed by atoms with Crippen molar-refractivity contribution in [2.24, 2.45) is 0 Å². The lowest BCUT2D eigenvalue weighted by molar-refractivity contribution is 0.0693. The molecule has 0 unspecified atom stereocenters. The molecular formula is C23H26ClNO2. The molecule has 0 bridgehead atoms. The Kier molecular flexibility index (Phi) is 4.98. The highest BCUT2D eigenvalue weighted by atomic mass is 35.5. The predicted molar refractivity (Wildman–Crippen MR) is 109 cm³/mol. The van der Waals surface area contributed by atoms with Gasteiger partial charge in [-0.1, -0.05) is 49.9 Å². The zero-order chi connectivity index (χ0) is 19.0. The smallest absolute Gasteiger partial charge is 0.338 e. The fourth-order valence-corrected chi connectivity index (χ4v) is 5.11. The number of halogens is 1. The highest BCUT2D eigenvalue weighted by molar-refractivity contribution is 6.30. The Morgan fingerprint density at radius 1 is 1.11 bits per heavy atom. The molecule has 1 saturated carbocycles. The molecule has 1 N–H and O–H groups in total. The SMILES string of the molecule is CC1(c2nc3c(c(-c4cccc(Cl)c4)c2C(=O)O)CCCCC3)CCCC1. The first-order valence-electron chi connectivity index (χ1n) is 10.0. The number of aromatic carboxylic acids is 1. The van der Waals surface area contributed by atoms with Gasteiger partial charge in [-0.05, 0) is 61.8 Å². The number of rotatable bonds is 3. The predicted octanol–water partition coefficient (Wildman–Crippen LogP) is 6.20. The van der Waals surface area contributed by atoms with E-state index in [0.717, 1.165) is 79.4 Å². The van der Waals surface area contributed by atoms with E-state index in [9.17, 15) is 9.90 Å². The number of fused-ring (bicyclic) bond motifs is 1. The molecule has 1 heterocycles. The molecule has 1 fully saturated rings. The Bertz CT molecular complexity index is 884. The molecule has 4 rings (SSSR count). The molecule has 2 aliphatic rings. The first-order valence-corrected chi connectivity index (χ1v) is 10.4. The second-order valence-corrected chi connectivity index (χ2v) is 8.72. The Hall–Kier alpha value is -1.87. The van der Waals surface area contributed by atoms with Gasteiger partial charge in [-0.15, -0.1) is 0 Å². The molecule has 0 aliphatic heterocycles. The van der Waals surface area contributed by atoms with Crippen molar-refractivity contribution < 1.29 is 9.90 Å². The molecule has 2 aliphatic carbocycles.